The van der Waals surface area contributed by atoms with Gasteiger partial charge >= 0.3 is 0 Å². The number of likely N-dealkylation sites (tertiary alicyclic amines) is 1. The molecule has 0 spiro atoms. The van der Waals surface area contributed by atoms with Crippen LogP contribution in [0.5, 0.6) is 0 Å². The van der Waals surface area contributed by atoms with Gasteiger partial charge in [-0.2, -0.15) is 5.10 Å². The summed E-state index contributed by atoms with van der Waals surface area (Å²) in [6.45, 7) is 2.18. The molecule has 0 unspecified atom stereocenters. The van der Waals surface area contributed by atoms with Crippen molar-refractivity contribution in [2.24, 2.45) is 11.8 Å². The number of rotatable bonds is 5. The van der Waals surface area contributed by atoms with Gasteiger partial charge in [-0.25, -0.2) is 0 Å². The monoisotopic (exact) mass is 332 g/mol. The standard InChI is InChI=1S/C18H28N4O2/c1-21(9-6-14-12-19-20-13-14)17(23)16-7-10-22(11-8-16)18(24)15-4-2-3-5-15/h12-13,15-16H,2-11H2,1H3,(H,19,20). The zero-order valence-electron chi connectivity index (χ0n) is 14.5. The lowest BCUT2D eigenvalue weighted by molar-refractivity contribution is -0.141. The maximum absolute atomic E-state index is 12.6. The second-order valence-electron chi connectivity index (χ2n) is 7.20. The van der Waals surface area contributed by atoms with E-state index in [0.717, 1.165) is 50.8 Å². The lowest BCUT2D eigenvalue weighted by Crippen LogP contribution is -2.45. The Balaban J connectivity index is 1.43. The predicted molar refractivity (Wildman–Crippen MR) is 91.2 cm³/mol. The van der Waals surface area contributed by atoms with Crippen molar-refractivity contribution in [1.29, 1.82) is 0 Å². The van der Waals surface area contributed by atoms with Crippen LogP contribution in [0.2, 0.25) is 0 Å². The summed E-state index contributed by atoms with van der Waals surface area (Å²) in [4.78, 5) is 28.9. The maximum Gasteiger partial charge on any atom is 0.225 e. The third kappa shape index (κ3) is 3.97. The van der Waals surface area contributed by atoms with Crippen LogP contribution in [0.1, 0.15) is 44.1 Å². The molecule has 3 rings (SSSR count). The number of hydrogen-bond acceptors (Lipinski definition) is 3. The highest BCUT2D eigenvalue weighted by Crippen LogP contribution is 2.28. The van der Waals surface area contributed by atoms with E-state index in [1.54, 1.807) is 6.20 Å². The molecule has 2 heterocycles. The van der Waals surface area contributed by atoms with Crippen molar-refractivity contribution < 1.29 is 9.59 Å². The Bertz CT molecular complexity index is 543. The van der Waals surface area contributed by atoms with Crippen LogP contribution in [0.25, 0.3) is 0 Å². The van der Waals surface area contributed by atoms with Crippen LogP contribution < -0.4 is 0 Å². The Hall–Kier alpha value is -1.85. The summed E-state index contributed by atoms with van der Waals surface area (Å²) in [5, 5.41) is 6.72. The van der Waals surface area contributed by atoms with E-state index >= 15 is 0 Å². The summed E-state index contributed by atoms with van der Waals surface area (Å²) in [6, 6.07) is 0. The molecule has 1 aliphatic carbocycles. The predicted octanol–water partition coefficient (Wildman–Crippen LogP) is 1.84. The molecule has 6 heteroatoms. The van der Waals surface area contributed by atoms with Gasteiger partial charge < -0.3 is 9.80 Å². The molecular formula is C18H28N4O2. The molecule has 1 saturated heterocycles. The topological polar surface area (TPSA) is 69.3 Å². The Labute approximate surface area is 143 Å². The molecule has 0 atom stereocenters. The molecule has 0 aromatic carbocycles. The molecule has 2 aliphatic rings. The molecule has 1 aromatic heterocycles. The highest BCUT2D eigenvalue weighted by atomic mass is 16.2. The van der Waals surface area contributed by atoms with Gasteiger partial charge in [-0.15, -0.1) is 0 Å². The quantitative estimate of drug-likeness (QED) is 0.894. The second kappa shape index (κ2) is 7.81. The van der Waals surface area contributed by atoms with Crippen LogP contribution in [0.4, 0.5) is 0 Å². The lowest BCUT2D eigenvalue weighted by Gasteiger charge is -2.34. The largest absolute Gasteiger partial charge is 0.345 e. The third-order valence-electron chi connectivity index (χ3n) is 5.53. The molecule has 1 saturated carbocycles. The van der Waals surface area contributed by atoms with Crippen LogP contribution in [-0.4, -0.2) is 58.5 Å². The molecule has 24 heavy (non-hydrogen) atoms. The molecule has 1 aromatic rings. The first-order valence-corrected chi connectivity index (χ1v) is 9.16. The fourth-order valence-electron chi connectivity index (χ4n) is 3.91. The summed E-state index contributed by atoms with van der Waals surface area (Å²) >= 11 is 0. The number of likely N-dealkylation sites (N-methyl/N-ethyl adjacent to an activating group) is 1. The fraction of sp³-hybridized carbons (Fsp3) is 0.722. The van der Waals surface area contributed by atoms with Gasteiger partial charge in [0.2, 0.25) is 11.8 Å². The zero-order chi connectivity index (χ0) is 16.9. The SMILES string of the molecule is CN(CCc1cn[nH]c1)C(=O)C1CCN(C(=O)C2CCCC2)CC1. The van der Waals surface area contributed by atoms with Crippen LogP contribution in [0.15, 0.2) is 12.4 Å². The van der Waals surface area contributed by atoms with E-state index in [1.165, 1.54) is 12.8 Å². The van der Waals surface area contributed by atoms with E-state index < -0.39 is 0 Å². The summed E-state index contributed by atoms with van der Waals surface area (Å²) in [5.41, 5.74) is 1.12. The molecule has 6 nitrogen and oxygen atoms in total. The molecule has 132 valence electrons. The van der Waals surface area contributed by atoms with Crippen LogP contribution >= 0.6 is 0 Å². The fourth-order valence-corrected chi connectivity index (χ4v) is 3.91. The van der Waals surface area contributed by atoms with Crippen molar-refractivity contribution in [3.05, 3.63) is 18.0 Å². The van der Waals surface area contributed by atoms with E-state index in [4.69, 9.17) is 0 Å². The van der Waals surface area contributed by atoms with Crippen LogP contribution in [0.3, 0.4) is 0 Å². The molecule has 1 N–H and O–H groups in total. The highest BCUT2D eigenvalue weighted by Gasteiger charge is 2.32. The minimum absolute atomic E-state index is 0.0620. The average molecular weight is 332 g/mol. The first-order chi connectivity index (χ1) is 11.6. The minimum atomic E-state index is 0.0620. The zero-order valence-corrected chi connectivity index (χ0v) is 14.5. The van der Waals surface area contributed by atoms with Crippen molar-refractivity contribution in [2.75, 3.05) is 26.7 Å². The van der Waals surface area contributed by atoms with E-state index in [2.05, 4.69) is 10.2 Å². The maximum atomic E-state index is 12.6. The minimum Gasteiger partial charge on any atom is -0.345 e. The van der Waals surface area contributed by atoms with Crippen molar-refractivity contribution in [1.82, 2.24) is 20.0 Å². The van der Waals surface area contributed by atoms with Gasteiger partial charge in [-0.3, -0.25) is 14.7 Å². The molecule has 0 bridgehead atoms. The van der Waals surface area contributed by atoms with Crippen molar-refractivity contribution in [2.45, 2.75) is 44.9 Å². The van der Waals surface area contributed by atoms with E-state index in [9.17, 15) is 9.59 Å². The first kappa shape index (κ1) is 17.0. The second-order valence-corrected chi connectivity index (χ2v) is 7.20. The number of nitrogens with one attached hydrogen (secondary N) is 1. The molecular weight excluding hydrogens is 304 g/mol. The number of aromatic amines is 1. The summed E-state index contributed by atoms with van der Waals surface area (Å²) in [6.07, 6.45) is 10.6. The Morgan fingerprint density at radius 3 is 2.54 bits per heavy atom. The number of carbonyl (C=O) groups excluding carboxylic acids is 2. The Kier molecular flexibility index (Phi) is 5.53. The van der Waals surface area contributed by atoms with Gasteiger partial charge in [0, 0.05) is 44.7 Å². The summed E-state index contributed by atoms with van der Waals surface area (Å²) in [5.74, 6) is 0.847. The van der Waals surface area contributed by atoms with E-state index in [1.807, 2.05) is 23.0 Å². The molecule has 2 amide bonds. The van der Waals surface area contributed by atoms with Crippen LogP contribution in [0, 0.1) is 11.8 Å². The van der Waals surface area contributed by atoms with Gasteiger partial charge in [-0.05, 0) is 37.7 Å². The van der Waals surface area contributed by atoms with Crippen molar-refractivity contribution in [3.63, 3.8) is 0 Å². The summed E-state index contributed by atoms with van der Waals surface area (Å²) in [7, 11) is 1.87. The normalized spacial score (nSPS) is 19.6. The Morgan fingerprint density at radius 2 is 1.92 bits per heavy atom. The molecule has 0 radical (unpaired) electrons. The average Bonchev–Trinajstić information content (AvgIpc) is 3.32. The van der Waals surface area contributed by atoms with Crippen LogP contribution in [-0.2, 0) is 16.0 Å². The third-order valence-corrected chi connectivity index (χ3v) is 5.53. The molecule has 2 fully saturated rings. The number of aromatic nitrogens is 2. The first-order valence-electron chi connectivity index (χ1n) is 9.16. The van der Waals surface area contributed by atoms with Crippen molar-refractivity contribution >= 4 is 11.8 Å². The number of nitrogens with zero attached hydrogens (tertiary/aromatic N) is 3. The number of hydrogen-bond donors (Lipinski definition) is 1. The number of H-pyrrole nitrogens is 1. The number of piperidine rings is 1. The molecule has 1 aliphatic heterocycles. The highest BCUT2D eigenvalue weighted by molar-refractivity contribution is 5.81. The number of carbonyl (C=O) groups is 2. The smallest absolute Gasteiger partial charge is 0.225 e. The summed E-state index contributed by atoms with van der Waals surface area (Å²) < 4.78 is 0. The lowest BCUT2D eigenvalue weighted by atomic mass is 9.94. The van der Waals surface area contributed by atoms with E-state index in [0.29, 0.717) is 12.5 Å². The van der Waals surface area contributed by atoms with Gasteiger partial charge in [0.25, 0.3) is 0 Å². The van der Waals surface area contributed by atoms with Crippen molar-refractivity contribution in [3.8, 4) is 0 Å². The van der Waals surface area contributed by atoms with E-state index in [-0.39, 0.29) is 17.7 Å². The Morgan fingerprint density at radius 1 is 1.21 bits per heavy atom. The number of amides is 2. The van der Waals surface area contributed by atoms with Gasteiger partial charge in [0.05, 0.1) is 6.20 Å². The van der Waals surface area contributed by atoms with Gasteiger partial charge in [-0.1, -0.05) is 12.8 Å². The van der Waals surface area contributed by atoms with Gasteiger partial charge in [0.15, 0.2) is 0 Å². The van der Waals surface area contributed by atoms with Gasteiger partial charge in [0.1, 0.15) is 0 Å².